The molecule has 2 aromatic rings. The summed E-state index contributed by atoms with van der Waals surface area (Å²) >= 11 is 0. The lowest BCUT2D eigenvalue weighted by molar-refractivity contribution is -0.116. The van der Waals surface area contributed by atoms with E-state index in [1.807, 2.05) is 6.92 Å². The molecule has 1 heterocycles. The molecule has 2 aromatic carbocycles. The molecule has 10 heteroatoms. The molecule has 1 amide bonds. The molecule has 1 N–H and O–H groups in total. The minimum absolute atomic E-state index is 0.0242. The van der Waals surface area contributed by atoms with E-state index in [0.717, 1.165) is 9.87 Å². The van der Waals surface area contributed by atoms with Crippen molar-refractivity contribution in [2.75, 3.05) is 21.9 Å². The Hall–Kier alpha value is -2.59. The monoisotopic (exact) mass is 424 g/mol. The fraction of sp³-hybridized carbons (Fsp3) is 0.278. The first-order valence-electron chi connectivity index (χ1n) is 8.39. The quantitative estimate of drug-likeness (QED) is 0.788. The zero-order valence-corrected chi connectivity index (χ0v) is 17.2. The molecule has 0 bridgehead atoms. The SMILES string of the molecule is COc1ccc(C)cc1NS(=O)(=O)c1ccc(N2C(=O)CCS2(=O)=O)cc1C. The molecule has 1 aliphatic heterocycles. The number of aryl methyl sites for hydroxylation is 2. The second-order valence-electron chi connectivity index (χ2n) is 6.48. The molecule has 0 saturated carbocycles. The third-order valence-electron chi connectivity index (χ3n) is 4.36. The standard InChI is InChI=1S/C18H20N2O6S2/c1-12-4-6-16(26-3)15(10-12)19-28(24,25)17-7-5-14(11-13(17)2)20-18(21)8-9-27(20,22)23/h4-7,10-11,19H,8-9H2,1-3H3. The van der Waals surface area contributed by atoms with Crippen LogP contribution < -0.4 is 13.8 Å². The summed E-state index contributed by atoms with van der Waals surface area (Å²) in [5.74, 6) is -0.408. The van der Waals surface area contributed by atoms with Gasteiger partial charge in [0, 0.05) is 6.42 Å². The van der Waals surface area contributed by atoms with Gasteiger partial charge in [0.2, 0.25) is 15.9 Å². The Labute approximate surface area is 164 Å². The molecule has 28 heavy (non-hydrogen) atoms. The number of ether oxygens (including phenoxy) is 1. The van der Waals surface area contributed by atoms with Gasteiger partial charge in [-0.3, -0.25) is 9.52 Å². The van der Waals surface area contributed by atoms with E-state index in [9.17, 15) is 21.6 Å². The summed E-state index contributed by atoms with van der Waals surface area (Å²) in [6.07, 6.45) is -0.0872. The van der Waals surface area contributed by atoms with Crippen molar-refractivity contribution >= 4 is 37.3 Å². The number of nitrogens with zero attached hydrogens (tertiary/aromatic N) is 1. The zero-order valence-electron chi connectivity index (χ0n) is 15.6. The summed E-state index contributed by atoms with van der Waals surface area (Å²) in [6, 6.07) is 9.09. The Balaban J connectivity index is 1.98. The predicted octanol–water partition coefficient (Wildman–Crippen LogP) is 2.18. The second-order valence-corrected chi connectivity index (χ2v) is 10.1. The van der Waals surface area contributed by atoms with E-state index in [4.69, 9.17) is 4.74 Å². The third kappa shape index (κ3) is 3.69. The molecule has 1 fully saturated rings. The molecule has 1 saturated heterocycles. The number of methoxy groups -OCH3 is 1. The summed E-state index contributed by atoms with van der Waals surface area (Å²) in [7, 11) is -6.23. The lowest BCUT2D eigenvalue weighted by Gasteiger charge is -2.18. The van der Waals surface area contributed by atoms with Crippen LogP contribution in [0.4, 0.5) is 11.4 Å². The molecule has 0 radical (unpaired) electrons. The van der Waals surface area contributed by atoms with Crippen LogP contribution in [0.5, 0.6) is 5.75 Å². The van der Waals surface area contributed by atoms with Gasteiger partial charge in [0.05, 0.1) is 29.1 Å². The average Bonchev–Trinajstić information content (AvgIpc) is 2.87. The van der Waals surface area contributed by atoms with Crippen LogP contribution in [0.25, 0.3) is 0 Å². The largest absolute Gasteiger partial charge is 0.495 e. The van der Waals surface area contributed by atoms with Gasteiger partial charge >= 0.3 is 0 Å². The van der Waals surface area contributed by atoms with Gasteiger partial charge in [-0.1, -0.05) is 6.07 Å². The summed E-state index contributed by atoms with van der Waals surface area (Å²) in [4.78, 5) is 11.9. The van der Waals surface area contributed by atoms with Gasteiger partial charge in [-0.05, 0) is 55.3 Å². The van der Waals surface area contributed by atoms with Crippen molar-refractivity contribution in [3.05, 3.63) is 47.5 Å². The summed E-state index contributed by atoms with van der Waals surface area (Å²) in [5.41, 5.74) is 1.59. The molecule has 0 aromatic heterocycles. The summed E-state index contributed by atoms with van der Waals surface area (Å²) < 4.78 is 58.3. The van der Waals surface area contributed by atoms with Crippen molar-refractivity contribution in [3.8, 4) is 5.75 Å². The van der Waals surface area contributed by atoms with Crippen LogP contribution in [0.3, 0.4) is 0 Å². The van der Waals surface area contributed by atoms with Crippen molar-refractivity contribution in [1.29, 1.82) is 0 Å². The number of sulfonamides is 2. The Morgan fingerprint density at radius 2 is 1.82 bits per heavy atom. The maximum absolute atomic E-state index is 12.9. The van der Waals surface area contributed by atoms with Gasteiger partial charge < -0.3 is 4.74 Å². The van der Waals surface area contributed by atoms with Gasteiger partial charge in [-0.2, -0.15) is 0 Å². The lowest BCUT2D eigenvalue weighted by atomic mass is 10.2. The molecule has 8 nitrogen and oxygen atoms in total. The Morgan fingerprint density at radius 1 is 1.11 bits per heavy atom. The molecule has 1 aliphatic rings. The normalized spacial score (nSPS) is 16.2. The van der Waals surface area contributed by atoms with Crippen LogP contribution in [0.2, 0.25) is 0 Å². The minimum Gasteiger partial charge on any atom is -0.495 e. The fourth-order valence-corrected chi connectivity index (χ4v) is 5.77. The van der Waals surface area contributed by atoms with Crippen LogP contribution in [0, 0.1) is 13.8 Å². The van der Waals surface area contributed by atoms with Gasteiger partial charge in [-0.25, -0.2) is 21.1 Å². The first-order valence-corrected chi connectivity index (χ1v) is 11.5. The Bertz CT molecular complexity index is 1160. The highest BCUT2D eigenvalue weighted by molar-refractivity contribution is 7.94. The van der Waals surface area contributed by atoms with E-state index < -0.39 is 26.0 Å². The fourth-order valence-electron chi connectivity index (χ4n) is 3.03. The van der Waals surface area contributed by atoms with Crippen molar-refractivity contribution < 1.29 is 26.4 Å². The maximum atomic E-state index is 12.9. The maximum Gasteiger partial charge on any atom is 0.262 e. The average molecular weight is 425 g/mol. The van der Waals surface area contributed by atoms with Crippen LogP contribution in [0.1, 0.15) is 17.5 Å². The van der Waals surface area contributed by atoms with E-state index in [1.165, 1.54) is 25.3 Å². The number of hydrogen-bond donors (Lipinski definition) is 1. The highest BCUT2D eigenvalue weighted by Gasteiger charge is 2.36. The smallest absolute Gasteiger partial charge is 0.262 e. The van der Waals surface area contributed by atoms with Crippen molar-refractivity contribution in [1.82, 2.24) is 0 Å². The number of benzene rings is 2. The molecular weight excluding hydrogens is 404 g/mol. The van der Waals surface area contributed by atoms with E-state index in [-0.39, 0.29) is 22.8 Å². The number of hydrogen-bond acceptors (Lipinski definition) is 6. The third-order valence-corrected chi connectivity index (χ3v) is 7.58. The van der Waals surface area contributed by atoms with E-state index in [1.54, 1.807) is 25.1 Å². The number of rotatable bonds is 5. The van der Waals surface area contributed by atoms with Gasteiger partial charge in [0.25, 0.3) is 10.0 Å². The van der Waals surface area contributed by atoms with Crippen molar-refractivity contribution in [2.45, 2.75) is 25.2 Å². The number of carbonyl (C=O) groups is 1. The summed E-state index contributed by atoms with van der Waals surface area (Å²) in [5, 5.41) is 0. The molecule has 0 atom stereocenters. The van der Waals surface area contributed by atoms with E-state index in [2.05, 4.69) is 4.72 Å². The van der Waals surface area contributed by atoms with Gasteiger partial charge in [0.1, 0.15) is 5.75 Å². The van der Waals surface area contributed by atoms with Crippen LogP contribution in [-0.2, 0) is 24.8 Å². The van der Waals surface area contributed by atoms with Crippen molar-refractivity contribution in [2.24, 2.45) is 0 Å². The molecule has 150 valence electrons. The first kappa shape index (κ1) is 20.2. The number of nitrogens with one attached hydrogen (secondary N) is 1. The van der Waals surface area contributed by atoms with Crippen LogP contribution in [0.15, 0.2) is 41.3 Å². The van der Waals surface area contributed by atoms with Crippen LogP contribution >= 0.6 is 0 Å². The zero-order chi connectivity index (χ0) is 20.7. The Kier molecular flexibility index (Phi) is 5.11. The van der Waals surface area contributed by atoms with E-state index >= 15 is 0 Å². The van der Waals surface area contributed by atoms with Gasteiger partial charge in [0.15, 0.2) is 0 Å². The first-order chi connectivity index (χ1) is 13.0. The molecular formula is C18H20N2O6S2. The molecule has 0 unspecified atom stereocenters. The highest BCUT2D eigenvalue weighted by Crippen LogP contribution is 2.31. The lowest BCUT2D eigenvalue weighted by Crippen LogP contribution is -2.29. The topological polar surface area (TPSA) is 110 Å². The van der Waals surface area contributed by atoms with E-state index in [0.29, 0.717) is 17.0 Å². The molecule has 3 rings (SSSR count). The minimum atomic E-state index is -3.96. The number of anilines is 2. The second kappa shape index (κ2) is 7.10. The molecule has 0 spiro atoms. The van der Waals surface area contributed by atoms with Gasteiger partial charge in [-0.15, -0.1) is 0 Å². The predicted molar refractivity (Wildman–Crippen MR) is 106 cm³/mol. The number of amides is 1. The summed E-state index contributed by atoms with van der Waals surface area (Å²) in [6.45, 7) is 3.36. The number of carbonyl (C=O) groups excluding carboxylic acids is 1. The van der Waals surface area contributed by atoms with Crippen LogP contribution in [-0.4, -0.2) is 35.6 Å². The highest BCUT2D eigenvalue weighted by atomic mass is 32.2. The Morgan fingerprint density at radius 3 is 2.39 bits per heavy atom. The van der Waals surface area contributed by atoms with Crippen molar-refractivity contribution in [3.63, 3.8) is 0 Å². The molecule has 0 aliphatic carbocycles.